The van der Waals surface area contributed by atoms with E-state index in [-0.39, 0.29) is 11.3 Å². The van der Waals surface area contributed by atoms with Gasteiger partial charge in [-0.15, -0.1) is 0 Å². The van der Waals surface area contributed by atoms with E-state index in [9.17, 15) is 13.2 Å². The first-order chi connectivity index (χ1) is 7.86. The molecule has 1 aromatic carbocycles. The van der Waals surface area contributed by atoms with Gasteiger partial charge in [-0.3, -0.25) is 0 Å². The summed E-state index contributed by atoms with van der Waals surface area (Å²) in [4.78, 5) is 10.6. The maximum absolute atomic E-state index is 11.8. The predicted molar refractivity (Wildman–Crippen MR) is 64.3 cm³/mol. The summed E-state index contributed by atoms with van der Waals surface area (Å²) in [5, 5.41) is 8.71. The molecule has 0 bridgehead atoms. The molecule has 0 saturated carbocycles. The van der Waals surface area contributed by atoms with Gasteiger partial charge in [0.25, 0.3) is 0 Å². The van der Waals surface area contributed by atoms with E-state index in [1.807, 2.05) is 0 Å². The van der Waals surface area contributed by atoms with Crippen LogP contribution in [0.1, 0.15) is 22.8 Å². The topological polar surface area (TPSA) is 74.7 Å². The summed E-state index contributed by atoms with van der Waals surface area (Å²) in [6, 6.07) is 5.84. The Bertz CT molecular complexity index is 493. The Labute approximate surface area is 101 Å². The molecule has 0 fully saturated rings. The third-order valence-electron chi connectivity index (χ3n) is 2.47. The van der Waals surface area contributed by atoms with Crippen molar-refractivity contribution in [2.75, 3.05) is 13.6 Å². The van der Waals surface area contributed by atoms with Gasteiger partial charge in [0.1, 0.15) is 0 Å². The number of sulfonamides is 1. The Balaban J connectivity index is 2.86. The van der Waals surface area contributed by atoms with Gasteiger partial charge in [-0.25, -0.2) is 17.5 Å². The van der Waals surface area contributed by atoms with Crippen LogP contribution in [0.2, 0.25) is 0 Å². The molecule has 0 saturated heterocycles. The van der Waals surface area contributed by atoms with Crippen LogP contribution in [0, 0.1) is 0 Å². The number of nitrogens with zero attached hydrogens (tertiary/aromatic N) is 1. The molecular weight excluding hydrogens is 242 g/mol. The van der Waals surface area contributed by atoms with Crippen molar-refractivity contribution >= 4 is 16.0 Å². The van der Waals surface area contributed by atoms with Crippen molar-refractivity contribution in [3.05, 3.63) is 35.4 Å². The molecule has 6 heteroatoms. The van der Waals surface area contributed by atoms with Crippen LogP contribution in [0.25, 0.3) is 0 Å². The SMILES string of the molecule is CCN(C)S(=O)(=O)Cc1ccc(C(=O)O)cc1. The molecule has 1 rings (SSSR count). The van der Waals surface area contributed by atoms with Gasteiger partial charge in [-0.05, 0) is 17.7 Å². The minimum absolute atomic E-state index is 0.114. The van der Waals surface area contributed by atoms with E-state index in [0.29, 0.717) is 12.1 Å². The average molecular weight is 257 g/mol. The summed E-state index contributed by atoms with van der Waals surface area (Å²) >= 11 is 0. The number of benzene rings is 1. The van der Waals surface area contributed by atoms with Crippen molar-refractivity contribution in [3.63, 3.8) is 0 Å². The second-order valence-corrected chi connectivity index (χ2v) is 5.75. The first-order valence-electron chi connectivity index (χ1n) is 5.13. The molecule has 0 amide bonds. The molecule has 94 valence electrons. The number of carboxylic acid groups (broad SMARTS) is 1. The minimum atomic E-state index is -3.31. The minimum Gasteiger partial charge on any atom is -0.478 e. The molecule has 0 spiro atoms. The zero-order valence-electron chi connectivity index (χ0n) is 9.75. The number of carbonyl (C=O) groups is 1. The van der Waals surface area contributed by atoms with Crippen molar-refractivity contribution < 1.29 is 18.3 Å². The normalized spacial score (nSPS) is 11.7. The molecule has 0 radical (unpaired) electrons. The molecular formula is C11H15NO4S. The van der Waals surface area contributed by atoms with Gasteiger partial charge in [-0.1, -0.05) is 19.1 Å². The molecule has 0 unspecified atom stereocenters. The summed E-state index contributed by atoms with van der Waals surface area (Å²) in [6.45, 7) is 2.17. The van der Waals surface area contributed by atoms with E-state index in [2.05, 4.69) is 0 Å². The van der Waals surface area contributed by atoms with Crippen LogP contribution in [0.5, 0.6) is 0 Å². The first-order valence-corrected chi connectivity index (χ1v) is 6.74. The molecule has 1 N–H and O–H groups in total. The van der Waals surface area contributed by atoms with Crippen LogP contribution >= 0.6 is 0 Å². The van der Waals surface area contributed by atoms with E-state index >= 15 is 0 Å². The van der Waals surface area contributed by atoms with E-state index < -0.39 is 16.0 Å². The van der Waals surface area contributed by atoms with Crippen molar-refractivity contribution in [2.45, 2.75) is 12.7 Å². The van der Waals surface area contributed by atoms with Gasteiger partial charge in [0.2, 0.25) is 10.0 Å². The Morgan fingerprint density at radius 3 is 2.24 bits per heavy atom. The summed E-state index contributed by atoms with van der Waals surface area (Å²) in [6.07, 6.45) is 0. The highest BCUT2D eigenvalue weighted by molar-refractivity contribution is 7.88. The van der Waals surface area contributed by atoms with Crippen LogP contribution in [0.4, 0.5) is 0 Å². The fourth-order valence-corrected chi connectivity index (χ4v) is 2.49. The lowest BCUT2D eigenvalue weighted by Gasteiger charge is -2.14. The number of carboxylic acids is 1. The highest BCUT2D eigenvalue weighted by atomic mass is 32.2. The third kappa shape index (κ3) is 3.54. The lowest BCUT2D eigenvalue weighted by molar-refractivity contribution is 0.0697. The Kier molecular flexibility index (Phi) is 4.25. The predicted octanol–water partition coefficient (Wildman–Crippen LogP) is 1.17. The van der Waals surface area contributed by atoms with Gasteiger partial charge in [0.15, 0.2) is 0 Å². The summed E-state index contributed by atoms with van der Waals surface area (Å²) in [5.41, 5.74) is 0.727. The number of hydrogen-bond acceptors (Lipinski definition) is 3. The van der Waals surface area contributed by atoms with Gasteiger partial charge < -0.3 is 5.11 Å². The molecule has 0 heterocycles. The van der Waals surface area contributed by atoms with E-state index in [0.717, 1.165) is 0 Å². The molecule has 17 heavy (non-hydrogen) atoms. The molecule has 5 nitrogen and oxygen atoms in total. The lowest BCUT2D eigenvalue weighted by Crippen LogP contribution is -2.27. The van der Waals surface area contributed by atoms with Gasteiger partial charge >= 0.3 is 5.97 Å². The van der Waals surface area contributed by atoms with Crippen molar-refractivity contribution in [1.29, 1.82) is 0 Å². The first kappa shape index (κ1) is 13.7. The Hall–Kier alpha value is -1.40. The molecule has 0 aliphatic rings. The van der Waals surface area contributed by atoms with E-state index in [1.165, 1.54) is 35.6 Å². The lowest BCUT2D eigenvalue weighted by atomic mass is 10.1. The fraction of sp³-hybridized carbons (Fsp3) is 0.364. The average Bonchev–Trinajstić information content (AvgIpc) is 2.28. The zero-order valence-corrected chi connectivity index (χ0v) is 10.6. The number of rotatable bonds is 5. The molecule has 0 aliphatic heterocycles. The molecule has 1 aromatic rings. The maximum atomic E-state index is 11.8. The smallest absolute Gasteiger partial charge is 0.335 e. The van der Waals surface area contributed by atoms with Crippen molar-refractivity contribution in [2.24, 2.45) is 0 Å². The van der Waals surface area contributed by atoms with E-state index in [1.54, 1.807) is 6.92 Å². The second-order valence-electron chi connectivity index (χ2n) is 3.67. The van der Waals surface area contributed by atoms with Crippen LogP contribution < -0.4 is 0 Å². The van der Waals surface area contributed by atoms with E-state index in [4.69, 9.17) is 5.11 Å². The highest BCUT2D eigenvalue weighted by Crippen LogP contribution is 2.10. The maximum Gasteiger partial charge on any atom is 0.335 e. The molecule has 0 aromatic heterocycles. The number of hydrogen-bond donors (Lipinski definition) is 1. The summed E-state index contributed by atoms with van der Waals surface area (Å²) < 4.78 is 24.8. The fourth-order valence-electron chi connectivity index (χ4n) is 1.26. The zero-order chi connectivity index (χ0) is 13.1. The highest BCUT2D eigenvalue weighted by Gasteiger charge is 2.16. The number of aromatic carboxylic acids is 1. The Morgan fingerprint density at radius 1 is 1.29 bits per heavy atom. The summed E-state index contributed by atoms with van der Waals surface area (Å²) in [7, 11) is -1.80. The molecule has 0 atom stereocenters. The van der Waals surface area contributed by atoms with Gasteiger partial charge in [-0.2, -0.15) is 0 Å². The molecule has 0 aliphatic carbocycles. The van der Waals surface area contributed by atoms with Crippen molar-refractivity contribution in [3.8, 4) is 0 Å². The van der Waals surface area contributed by atoms with Crippen LogP contribution in [0.15, 0.2) is 24.3 Å². The van der Waals surface area contributed by atoms with Crippen LogP contribution in [-0.4, -0.2) is 37.4 Å². The third-order valence-corrected chi connectivity index (χ3v) is 4.38. The van der Waals surface area contributed by atoms with Gasteiger partial charge in [0, 0.05) is 13.6 Å². The van der Waals surface area contributed by atoms with Crippen LogP contribution in [-0.2, 0) is 15.8 Å². The summed E-state index contributed by atoms with van der Waals surface area (Å²) in [5.74, 6) is -1.14. The van der Waals surface area contributed by atoms with Gasteiger partial charge in [0.05, 0.1) is 11.3 Å². The Morgan fingerprint density at radius 2 is 1.82 bits per heavy atom. The standard InChI is InChI=1S/C11H15NO4S/c1-3-12(2)17(15,16)8-9-4-6-10(7-5-9)11(13)14/h4-7H,3,8H2,1-2H3,(H,13,14). The van der Waals surface area contributed by atoms with Crippen LogP contribution in [0.3, 0.4) is 0 Å². The van der Waals surface area contributed by atoms with Crippen molar-refractivity contribution in [1.82, 2.24) is 4.31 Å². The largest absolute Gasteiger partial charge is 0.478 e. The monoisotopic (exact) mass is 257 g/mol. The quantitative estimate of drug-likeness (QED) is 0.859. The second kappa shape index (κ2) is 5.29.